The number of alkyl halides is 3. The molecular weight excluding hydrogens is 570 g/mol. The van der Waals surface area contributed by atoms with Crippen molar-refractivity contribution < 1.29 is 27.5 Å². The Hall–Kier alpha value is -5.11. The van der Waals surface area contributed by atoms with Crippen LogP contribution in [0.3, 0.4) is 0 Å². The molecule has 43 heavy (non-hydrogen) atoms. The van der Waals surface area contributed by atoms with Crippen LogP contribution in [0.15, 0.2) is 65.8 Å². The van der Waals surface area contributed by atoms with E-state index < -0.39 is 35.6 Å². The molecule has 0 radical (unpaired) electrons. The summed E-state index contributed by atoms with van der Waals surface area (Å²) in [5.41, 5.74) is 4.48. The van der Waals surface area contributed by atoms with Crippen molar-refractivity contribution in [1.82, 2.24) is 24.5 Å². The first-order valence-corrected chi connectivity index (χ1v) is 12.8. The number of hydrogen-bond acceptors (Lipinski definition) is 7. The van der Waals surface area contributed by atoms with Gasteiger partial charge in [-0.1, -0.05) is 26.8 Å². The number of fused-ring (bicyclic) bond motifs is 1. The van der Waals surface area contributed by atoms with Crippen molar-refractivity contribution in [3.8, 4) is 11.4 Å². The molecule has 3 heterocycles. The van der Waals surface area contributed by atoms with E-state index in [4.69, 9.17) is 5.73 Å². The highest BCUT2D eigenvalue weighted by Crippen LogP contribution is 2.31. The summed E-state index contributed by atoms with van der Waals surface area (Å²) in [5.74, 6) is -1.77. The van der Waals surface area contributed by atoms with Crippen molar-refractivity contribution in [1.29, 1.82) is 0 Å². The highest BCUT2D eigenvalue weighted by Gasteiger charge is 2.31. The Morgan fingerprint density at radius 1 is 1.05 bits per heavy atom. The van der Waals surface area contributed by atoms with Gasteiger partial charge in [0, 0.05) is 23.3 Å². The van der Waals surface area contributed by atoms with Gasteiger partial charge in [-0.2, -0.15) is 23.0 Å². The molecule has 0 spiro atoms. The molecule has 0 atom stereocenters. The third-order valence-electron chi connectivity index (χ3n) is 6.78. The second kappa shape index (κ2) is 10.6. The first-order valence-electron chi connectivity index (χ1n) is 12.8. The fraction of sp³-hybridized carbons (Fsp3) is 0.207. The first kappa shape index (κ1) is 29.4. The number of aliphatic hydroxyl groups is 1. The van der Waals surface area contributed by atoms with E-state index in [9.17, 15) is 27.9 Å². The summed E-state index contributed by atoms with van der Waals surface area (Å²) in [6, 6.07) is 9.47. The predicted octanol–water partition coefficient (Wildman–Crippen LogP) is 4.76. The molecule has 3 aromatic heterocycles. The quantitative estimate of drug-likeness (QED) is 0.241. The Kier molecular flexibility index (Phi) is 7.26. The normalized spacial score (nSPS) is 12.1. The van der Waals surface area contributed by atoms with Gasteiger partial charge in [-0.15, -0.1) is 5.10 Å². The third kappa shape index (κ3) is 5.56. The molecule has 4 N–H and O–H groups in total. The largest absolute Gasteiger partial charge is 0.417 e. The number of aromatic nitrogens is 5. The zero-order valence-electron chi connectivity index (χ0n) is 23.1. The lowest BCUT2D eigenvalue weighted by molar-refractivity contribution is -0.137. The Labute approximate surface area is 241 Å². The number of aliphatic hydroxyl groups excluding tert-OH is 1. The fourth-order valence-corrected chi connectivity index (χ4v) is 4.50. The molecule has 0 bridgehead atoms. The molecule has 1 amide bonds. The molecule has 5 rings (SSSR count). The number of amides is 1. The Bertz CT molecular complexity index is 1920. The zero-order chi connectivity index (χ0) is 31.3. The summed E-state index contributed by atoms with van der Waals surface area (Å²) < 4.78 is 56.1. The summed E-state index contributed by atoms with van der Waals surface area (Å²) in [6.45, 7) is 5.14. The van der Waals surface area contributed by atoms with Crippen LogP contribution in [0, 0.1) is 5.82 Å². The van der Waals surface area contributed by atoms with E-state index in [1.54, 1.807) is 6.07 Å². The van der Waals surface area contributed by atoms with Crippen molar-refractivity contribution in [3.05, 3.63) is 99.5 Å². The third-order valence-corrected chi connectivity index (χ3v) is 6.78. The van der Waals surface area contributed by atoms with E-state index in [1.165, 1.54) is 41.3 Å². The van der Waals surface area contributed by atoms with Crippen molar-refractivity contribution in [2.75, 3.05) is 5.32 Å². The lowest BCUT2D eigenvalue weighted by atomic mass is 9.86. The van der Waals surface area contributed by atoms with Gasteiger partial charge < -0.3 is 16.2 Å². The number of hydrogen-bond donors (Lipinski definition) is 3. The number of rotatable bonds is 6. The maximum Gasteiger partial charge on any atom is 0.417 e. The number of carbonyl (C=O) groups excluding carboxylic acids is 1. The maximum absolute atomic E-state index is 15.2. The number of nitrogens with two attached hydrogens (primary N) is 1. The minimum atomic E-state index is -4.58. The van der Waals surface area contributed by atoms with Gasteiger partial charge in [-0.05, 0) is 47.4 Å². The number of benzene rings is 2. The number of anilines is 2. The van der Waals surface area contributed by atoms with E-state index in [0.29, 0.717) is 17.1 Å². The highest BCUT2D eigenvalue weighted by atomic mass is 19.4. The Morgan fingerprint density at radius 2 is 1.77 bits per heavy atom. The van der Waals surface area contributed by atoms with E-state index in [0.717, 1.165) is 16.8 Å². The van der Waals surface area contributed by atoms with Gasteiger partial charge in [0.05, 0.1) is 35.1 Å². The van der Waals surface area contributed by atoms with Gasteiger partial charge in [0.1, 0.15) is 17.2 Å². The minimum Gasteiger partial charge on any atom is -0.392 e. The molecule has 0 aliphatic heterocycles. The van der Waals surface area contributed by atoms with Crippen LogP contribution in [-0.4, -0.2) is 35.6 Å². The molecule has 10 nitrogen and oxygen atoms in total. The molecule has 0 saturated carbocycles. The maximum atomic E-state index is 15.2. The average Bonchev–Trinajstić information content (AvgIpc) is 3.36. The molecule has 14 heteroatoms. The second-order valence-corrected chi connectivity index (χ2v) is 10.7. The van der Waals surface area contributed by atoms with E-state index in [1.807, 2.05) is 20.8 Å². The summed E-state index contributed by atoms with van der Waals surface area (Å²) in [4.78, 5) is 29.4. The first-order chi connectivity index (χ1) is 20.2. The van der Waals surface area contributed by atoms with Gasteiger partial charge in [0.2, 0.25) is 0 Å². The smallest absolute Gasteiger partial charge is 0.392 e. The lowest BCUT2D eigenvalue weighted by Gasteiger charge is -2.20. The monoisotopic (exact) mass is 595 g/mol. The summed E-state index contributed by atoms with van der Waals surface area (Å²) in [7, 11) is 0. The van der Waals surface area contributed by atoms with Crippen LogP contribution < -0.4 is 16.6 Å². The van der Waals surface area contributed by atoms with Crippen molar-refractivity contribution >= 4 is 28.3 Å². The van der Waals surface area contributed by atoms with Crippen LogP contribution >= 0.6 is 0 Å². The fourth-order valence-electron chi connectivity index (χ4n) is 4.50. The van der Waals surface area contributed by atoms with Gasteiger partial charge in [0.25, 0.3) is 11.5 Å². The molecule has 0 unspecified atom stereocenters. The average molecular weight is 596 g/mol. The van der Waals surface area contributed by atoms with E-state index in [-0.39, 0.29) is 44.9 Å². The van der Waals surface area contributed by atoms with Gasteiger partial charge in [-0.3, -0.25) is 9.59 Å². The topological polar surface area (TPSA) is 141 Å². The molecule has 2 aromatic carbocycles. The number of nitrogens with zero attached hydrogens (tertiary/aromatic N) is 5. The number of nitrogens with one attached hydrogen (secondary N) is 1. The summed E-state index contributed by atoms with van der Waals surface area (Å²) in [6.07, 6.45) is -1.35. The van der Waals surface area contributed by atoms with Crippen molar-refractivity contribution in [3.63, 3.8) is 0 Å². The molecule has 0 saturated heterocycles. The molecule has 0 aliphatic carbocycles. The number of halogens is 4. The summed E-state index contributed by atoms with van der Waals surface area (Å²) in [5, 5.41) is 21.7. The van der Waals surface area contributed by atoms with Crippen molar-refractivity contribution in [2.24, 2.45) is 5.73 Å². The minimum absolute atomic E-state index is 0.0413. The number of primary amides is 1. The predicted molar refractivity (Wildman–Crippen MR) is 150 cm³/mol. The standard InChI is InChI=1S/C29H25F4N7O3/c1-28(2,3)17-9-15-11-36-40(27(43)24(15)20(30)10-17)22-6-4-5-21(19(22)14-41)39-13-18(25(34)42)26(38-39)37-23-8-7-16(12-35-23)29(31,32)33/h4-13,41H,14H2,1-3H3,(H2,34,42)(H,35,37,38). The van der Waals surface area contributed by atoms with Gasteiger partial charge >= 0.3 is 6.18 Å². The van der Waals surface area contributed by atoms with E-state index in [2.05, 4.69) is 20.5 Å². The number of carbonyl (C=O) groups is 1. The Balaban J connectivity index is 1.59. The molecule has 5 aromatic rings. The zero-order valence-corrected chi connectivity index (χ0v) is 23.1. The molecular formula is C29H25F4N7O3. The van der Waals surface area contributed by atoms with Crippen LogP contribution in [0.2, 0.25) is 0 Å². The summed E-state index contributed by atoms with van der Waals surface area (Å²) >= 11 is 0. The van der Waals surface area contributed by atoms with Crippen LogP contribution in [0.5, 0.6) is 0 Å². The molecule has 0 aliphatic rings. The molecule has 0 fully saturated rings. The highest BCUT2D eigenvalue weighted by molar-refractivity contribution is 5.98. The number of pyridine rings is 1. The van der Waals surface area contributed by atoms with Gasteiger partial charge in [0.15, 0.2) is 5.82 Å². The van der Waals surface area contributed by atoms with Gasteiger partial charge in [-0.25, -0.2) is 14.1 Å². The van der Waals surface area contributed by atoms with E-state index >= 15 is 4.39 Å². The van der Waals surface area contributed by atoms with Crippen LogP contribution in [0.1, 0.15) is 47.8 Å². The van der Waals surface area contributed by atoms with Crippen LogP contribution in [-0.2, 0) is 18.2 Å². The lowest BCUT2D eigenvalue weighted by Crippen LogP contribution is -2.24. The second-order valence-electron chi connectivity index (χ2n) is 10.7. The Morgan fingerprint density at radius 3 is 2.37 bits per heavy atom. The van der Waals surface area contributed by atoms with Crippen molar-refractivity contribution in [2.45, 2.75) is 39.0 Å². The SMILES string of the molecule is CC(C)(C)c1cc(F)c2c(=O)n(-c3cccc(-n4cc(C(N)=O)c(Nc5ccc(C(F)(F)F)cn5)n4)c3CO)ncc2c1. The van der Waals surface area contributed by atoms with Crippen LogP contribution in [0.4, 0.5) is 29.2 Å². The molecule has 222 valence electrons. The van der Waals surface area contributed by atoms with Crippen LogP contribution in [0.25, 0.3) is 22.1 Å².